The summed E-state index contributed by atoms with van der Waals surface area (Å²) in [6.45, 7) is 5.65. The first-order valence-electron chi connectivity index (χ1n) is 7.61. The molecule has 0 aromatic heterocycles. The second kappa shape index (κ2) is 7.10. The molecule has 1 aliphatic carbocycles. The zero-order chi connectivity index (χ0) is 17.2. The van der Waals surface area contributed by atoms with Gasteiger partial charge in [0.05, 0.1) is 10.0 Å². The van der Waals surface area contributed by atoms with Crippen LogP contribution < -0.4 is 5.32 Å². The van der Waals surface area contributed by atoms with E-state index in [0.717, 1.165) is 24.7 Å². The Kier molecular flexibility index (Phi) is 5.58. The summed E-state index contributed by atoms with van der Waals surface area (Å²) in [6.07, 6.45) is 2.06. The van der Waals surface area contributed by atoms with Crippen LogP contribution in [0.25, 0.3) is 0 Å². The molecule has 0 radical (unpaired) electrons. The molecule has 1 unspecified atom stereocenters. The van der Waals surface area contributed by atoms with Gasteiger partial charge in [-0.1, -0.05) is 29.3 Å². The van der Waals surface area contributed by atoms with Gasteiger partial charge in [-0.3, -0.25) is 0 Å². The maximum atomic E-state index is 12.1. The standard InChI is InChI=1S/C17H21Cl2NO3/c1-17(2,3)20-16(22)23-15(11-4-5-11)12-8-10(6-7-21)9-13(18)14(12)19/h7-9,11,15H,4-6H2,1-3H3,(H,20,22). The molecule has 1 aromatic rings. The molecule has 1 atom stereocenters. The molecule has 6 heteroatoms. The lowest BCUT2D eigenvalue weighted by Crippen LogP contribution is -2.41. The Morgan fingerprint density at radius 1 is 1.39 bits per heavy atom. The SMILES string of the molecule is CC(C)(C)NC(=O)OC(c1cc(CC=O)cc(Cl)c1Cl)C1CC1. The van der Waals surface area contributed by atoms with Gasteiger partial charge < -0.3 is 14.8 Å². The summed E-state index contributed by atoms with van der Waals surface area (Å²) in [7, 11) is 0. The number of alkyl carbamates (subject to hydrolysis) is 1. The van der Waals surface area contributed by atoms with E-state index in [1.54, 1.807) is 12.1 Å². The average Bonchev–Trinajstić information content (AvgIpc) is 3.23. The number of halogens is 2. The van der Waals surface area contributed by atoms with E-state index in [1.165, 1.54) is 0 Å². The second-order valence-electron chi connectivity index (χ2n) is 6.89. The van der Waals surface area contributed by atoms with Crippen molar-refractivity contribution in [1.29, 1.82) is 0 Å². The molecule has 1 fully saturated rings. The number of nitrogens with one attached hydrogen (secondary N) is 1. The number of carbonyl (C=O) groups excluding carboxylic acids is 2. The molecule has 1 amide bonds. The number of benzene rings is 1. The van der Waals surface area contributed by atoms with E-state index in [2.05, 4.69) is 5.32 Å². The molecular weight excluding hydrogens is 337 g/mol. The predicted molar refractivity (Wildman–Crippen MR) is 91.1 cm³/mol. The predicted octanol–water partition coefficient (Wildman–Crippen LogP) is 4.71. The van der Waals surface area contributed by atoms with Crippen molar-refractivity contribution in [2.24, 2.45) is 5.92 Å². The molecule has 1 aliphatic rings. The molecule has 0 bridgehead atoms. The molecular formula is C17H21Cl2NO3. The van der Waals surface area contributed by atoms with Gasteiger partial charge in [0.25, 0.3) is 0 Å². The summed E-state index contributed by atoms with van der Waals surface area (Å²) < 4.78 is 5.62. The van der Waals surface area contributed by atoms with E-state index in [4.69, 9.17) is 27.9 Å². The molecule has 0 heterocycles. The van der Waals surface area contributed by atoms with Gasteiger partial charge in [0.15, 0.2) is 0 Å². The van der Waals surface area contributed by atoms with Gasteiger partial charge in [-0.15, -0.1) is 0 Å². The number of hydrogen-bond donors (Lipinski definition) is 1. The monoisotopic (exact) mass is 357 g/mol. The van der Waals surface area contributed by atoms with Gasteiger partial charge in [-0.05, 0) is 45.2 Å². The van der Waals surface area contributed by atoms with Crippen LogP contribution in [-0.4, -0.2) is 17.9 Å². The number of carbonyl (C=O) groups is 2. The first-order valence-corrected chi connectivity index (χ1v) is 8.37. The third kappa shape index (κ3) is 5.11. The van der Waals surface area contributed by atoms with Crippen LogP contribution >= 0.6 is 23.2 Å². The van der Waals surface area contributed by atoms with E-state index in [1.807, 2.05) is 20.8 Å². The largest absolute Gasteiger partial charge is 0.441 e. The molecule has 1 N–H and O–H groups in total. The van der Waals surface area contributed by atoms with E-state index in [0.29, 0.717) is 15.6 Å². The van der Waals surface area contributed by atoms with Crippen LogP contribution in [0.2, 0.25) is 10.0 Å². The van der Waals surface area contributed by atoms with Gasteiger partial charge in [0.2, 0.25) is 0 Å². The summed E-state index contributed by atoms with van der Waals surface area (Å²) in [5, 5.41) is 3.53. The Bertz CT molecular complexity index is 607. The molecule has 23 heavy (non-hydrogen) atoms. The van der Waals surface area contributed by atoms with Crippen molar-refractivity contribution in [2.45, 2.75) is 51.7 Å². The van der Waals surface area contributed by atoms with Crippen LogP contribution in [0.3, 0.4) is 0 Å². The van der Waals surface area contributed by atoms with Gasteiger partial charge >= 0.3 is 6.09 Å². The van der Waals surface area contributed by atoms with Crippen molar-refractivity contribution < 1.29 is 14.3 Å². The van der Waals surface area contributed by atoms with Gasteiger partial charge in [0, 0.05) is 23.4 Å². The van der Waals surface area contributed by atoms with E-state index >= 15 is 0 Å². The van der Waals surface area contributed by atoms with E-state index in [-0.39, 0.29) is 17.9 Å². The summed E-state index contributed by atoms with van der Waals surface area (Å²) in [4.78, 5) is 22.9. The summed E-state index contributed by atoms with van der Waals surface area (Å²) in [6, 6.07) is 3.47. The Morgan fingerprint density at radius 3 is 2.57 bits per heavy atom. The minimum atomic E-state index is -0.484. The maximum absolute atomic E-state index is 12.1. The van der Waals surface area contributed by atoms with Gasteiger partial charge in [-0.2, -0.15) is 0 Å². The van der Waals surface area contributed by atoms with Crippen molar-refractivity contribution in [3.8, 4) is 0 Å². The van der Waals surface area contributed by atoms with Crippen LogP contribution in [0.5, 0.6) is 0 Å². The third-order valence-electron chi connectivity index (χ3n) is 3.50. The fourth-order valence-electron chi connectivity index (χ4n) is 2.35. The van der Waals surface area contributed by atoms with Crippen LogP contribution in [-0.2, 0) is 16.0 Å². The Balaban J connectivity index is 2.27. The fraction of sp³-hybridized carbons (Fsp3) is 0.529. The van der Waals surface area contributed by atoms with Gasteiger partial charge in [-0.25, -0.2) is 4.79 Å². The van der Waals surface area contributed by atoms with Crippen LogP contribution in [0.15, 0.2) is 12.1 Å². The number of ether oxygens (including phenoxy) is 1. The van der Waals surface area contributed by atoms with Crippen molar-refractivity contribution in [2.75, 3.05) is 0 Å². The van der Waals surface area contributed by atoms with E-state index in [9.17, 15) is 9.59 Å². The fourth-order valence-corrected chi connectivity index (χ4v) is 2.82. The molecule has 0 saturated heterocycles. The van der Waals surface area contributed by atoms with Crippen molar-refractivity contribution in [3.05, 3.63) is 33.3 Å². The lowest BCUT2D eigenvalue weighted by atomic mass is 10.0. The zero-order valence-electron chi connectivity index (χ0n) is 13.5. The third-order valence-corrected chi connectivity index (χ3v) is 4.32. The summed E-state index contributed by atoms with van der Waals surface area (Å²) >= 11 is 12.5. The number of aldehydes is 1. The Morgan fingerprint density at radius 2 is 2.04 bits per heavy atom. The van der Waals surface area contributed by atoms with Crippen LogP contribution in [0, 0.1) is 5.92 Å². The smallest absolute Gasteiger partial charge is 0.408 e. The minimum absolute atomic E-state index is 0.237. The Labute approximate surface area is 146 Å². The number of rotatable bonds is 5. The first-order chi connectivity index (χ1) is 10.7. The topological polar surface area (TPSA) is 55.4 Å². The van der Waals surface area contributed by atoms with Crippen molar-refractivity contribution in [3.63, 3.8) is 0 Å². The molecule has 2 rings (SSSR count). The molecule has 126 valence electrons. The normalized spacial score (nSPS) is 15.9. The first kappa shape index (κ1) is 18.1. The highest BCUT2D eigenvalue weighted by Gasteiger charge is 2.37. The highest BCUT2D eigenvalue weighted by molar-refractivity contribution is 6.42. The number of hydrogen-bond acceptors (Lipinski definition) is 3. The highest BCUT2D eigenvalue weighted by atomic mass is 35.5. The van der Waals surface area contributed by atoms with Crippen LogP contribution in [0.1, 0.15) is 50.8 Å². The van der Waals surface area contributed by atoms with Gasteiger partial charge in [0.1, 0.15) is 12.4 Å². The summed E-state index contributed by atoms with van der Waals surface area (Å²) in [5.41, 5.74) is 1.05. The molecule has 4 nitrogen and oxygen atoms in total. The van der Waals surface area contributed by atoms with Crippen molar-refractivity contribution in [1.82, 2.24) is 5.32 Å². The Hall–Kier alpha value is -1.26. The maximum Gasteiger partial charge on any atom is 0.408 e. The molecule has 1 saturated carbocycles. The van der Waals surface area contributed by atoms with E-state index < -0.39 is 12.2 Å². The molecule has 0 spiro atoms. The summed E-state index contributed by atoms with van der Waals surface area (Å²) in [5.74, 6) is 0.237. The quantitative estimate of drug-likeness (QED) is 0.776. The highest BCUT2D eigenvalue weighted by Crippen LogP contribution is 2.46. The lowest BCUT2D eigenvalue weighted by molar-refractivity contribution is -0.107. The average molecular weight is 358 g/mol. The number of amides is 1. The molecule has 1 aromatic carbocycles. The second-order valence-corrected chi connectivity index (χ2v) is 7.68. The van der Waals surface area contributed by atoms with Crippen molar-refractivity contribution >= 4 is 35.6 Å². The van der Waals surface area contributed by atoms with Crippen LogP contribution in [0.4, 0.5) is 4.79 Å². The zero-order valence-corrected chi connectivity index (χ0v) is 15.0. The minimum Gasteiger partial charge on any atom is -0.441 e. The lowest BCUT2D eigenvalue weighted by Gasteiger charge is -2.25. The molecule has 0 aliphatic heterocycles.